The summed E-state index contributed by atoms with van der Waals surface area (Å²) in [5.41, 5.74) is 2.60. The van der Waals surface area contributed by atoms with Crippen LogP contribution in [0.3, 0.4) is 0 Å². The molecule has 3 nitrogen and oxygen atoms in total. The van der Waals surface area contributed by atoms with Gasteiger partial charge in [-0.15, -0.1) is 0 Å². The van der Waals surface area contributed by atoms with Gasteiger partial charge in [0.1, 0.15) is 12.4 Å². The molecular weight excluding hydrogens is 353 g/mol. The van der Waals surface area contributed by atoms with Crippen LogP contribution in [0.15, 0.2) is 53.7 Å². The fourth-order valence-electron chi connectivity index (χ4n) is 1.60. The number of halogens is 1. The van der Waals surface area contributed by atoms with Crippen LogP contribution in [0.2, 0.25) is 0 Å². The van der Waals surface area contributed by atoms with Gasteiger partial charge in [-0.25, -0.2) is 0 Å². The maximum Gasteiger partial charge on any atom is 0.119 e. The molecule has 0 amide bonds. The Bertz CT molecular complexity index is 562. The number of nitrogens with zero attached hydrogens (tertiary/aromatic N) is 1. The van der Waals surface area contributed by atoms with Gasteiger partial charge in [0.2, 0.25) is 0 Å². The molecule has 4 heteroatoms. The van der Waals surface area contributed by atoms with Gasteiger partial charge in [0.25, 0.3) is 0 Å². The second kappa shape index (κ2) is 6.56. The van der Waals surface area contributed by atoms with Crippen molar-refractivity contribution in [1.29, 1.82) is 0 Å². The molecule has 0 bridgehead atoms. The maximum atomic E-state index is 8.69. The molecular formula is C15H14INO2. The van der Waals surface area contributed by atoms with Crippen molar-refractivity contribution in [3.05, 3.63) is 63.2 Å². The largest absolute Gasteiger partial charge is 0.489 e. The number of hydrogen-bond acceptors (Lipinski definition) is 3. The minimum absolute atomic E-state index is 0.545. The number of oxime groups is 1. The predicted molar refractivity (Wildman–Crippen MR) is 83.9 cm³/mol. The third-order valence-electron chi connectivity index (χ3n) is 2.74. The highest BCUT2D eigenvalue weighted by Crippen LogP contribution is 2.15. The number of benzene rings is 2. The van der Waals surface area contributed by atoms with Crippen molar-refractivity contribution in [2.45, 2.75) is 13.5 Å². The number of ether oxygens (including phenoxy) is 1. The van der Waals surface area contributed by atoms with E-state index in [9.17, 15) is 0 Å². The van der Waals surface area contributed by atoms with Crippen molar-refractivity contribution >= 4 is 28.3 Å². The normalized spacial score (nSPS) is 11.4. The van der Waals surface area contributed by atoms with Gasteiger partial charge in [-0.1, -0.05) is 17.3 Å². The molecule has 1 N–H and O–H groups in total. The Kier molecular flexibility index (Phi) is 4.79. The quantitative estimate of drug-likeness (QED) is 0.383. The molecule has 0 atom stereocenters. The zero-order valence-corrected chi connectivity index (χ0v) is 12.7. The van der Waals surface area contributed by atoms with E-state index in [0.717, 1.165) is 16.9 Å². The standard InChI is InChI=1S/C15H14INO2/c1-11(17-18)13-4-8-15(9-5-13)19-10-12-2-6-14(16)7-3-12/h2-9,18H,10H2,1H3. The van der Waals surface area contributed by atoms with E-state index in [1.54, 1.807) is 6.92 Å². The molecule has 19 heavy (non-hydrogen) atoms. The lowest BCUT2D eigenvalue weighted by molar-refractivity contribution is 0.306. The Hall–Kier alpha value is -1.56. The molecule has 2 aromatic rings. The van der Waals surface area contributed by atoms with Crippen LogP contribution >= 0.6 is 22.6 Å². The number of hydrogen-bond donors (Lipinski definition) is 1. The first kappa shape index (κ1) is 13.9. The highest BCUT2D eigenvalue weighted by atomic mass is 127. The minimum Gasteiger partial charge on any atom is -0.489 e. The van der Waals surface area contributed by atoms with E-state index in [4.69, 9.17) is 9.94 Å². The molecule has 0 saturated heterocycles. The Balaban J connectivity index is 1.98. The molecule has 0 heterocycles. The van der Waals surface area contributed by atoms with Crippen molar-refractivity contribution in [2.75, 3.05) is 0 Å². The second-order valence-electron chi connectivity index (χ2n) is 4.12. The first-order valence-corrected chi connectivity index (χ1v) is 6.93. The Labute approximate surface area is 126 Å². The molecule has 0 aliphatic carbocycles. The van der Waals surface area contributed by atoms with Crippen molar-refractivity contribution < 1.29 is 9.94 Å². The summed E-state index contributed by atoms with van der Waals surface area (Å²) < 4.78 is 6.91. The second-order valence-corrected chi connectivity index (χ2v) is 5.37. The summed E-state index contributed by atoms with van der Waals surface area (Å²) in [7, 11) is 0. The van der Waals surface area contributed by atoms with Gasteiger partial charge < -0.3 is 9.94 Å². The summed E-state index contributed by atoms with van der Waals surface area (Å²) in [6.45, 7) is 2.30. The molecule has 0 aromatic heterocycles. The lowest BCUT2D eigenvalue weighted by Crippen LogP contribution is -1.97. The Morgan fingerprint density at radius 1 is 1.11 bits per heavy atom. The summed E-state index contributed by atoms with van der Waals surface area (Å²) in [5, 5.41) is 11.9. The van der Waals surface area contributed by atoms with Crippen molar-refractivity contribution in [3.63, 3.8) is 0 Å². The first-order valence-electron chi connectivity index (χ1n) is 5.85. The summed E-state index contributed by atoms with van der Waals surface area (Å²) in [6, 6.07) is 15.7. The van der Waals surface area contributed by atoms with E-state index in [1.165, 1.54) is 3.57 Å². The van der Waals surface area contributed by atoms with Gasteiger partial charge in [0, 0.05) is 3.57 Å². The topological polar surface area (TPSA) is 41.8 Å². The SMILES string of the molecule is CC(=NO)c1ccc(OCc2ccc(I)cc2)cc1. The third kappa shape index (κ3) is 3.96. The molecule has 0 spiro atoms. The molecule has 0 fully saturated rings. The van der Waals surface area contributed by atoms with E-state index < -0.39 is 0 Å². The minimum atomic E-state index is 0.545. The monoisotopic (exact) mass is 367 g/mol. The summed E-state index contributed by atoms with van der Waals surface area (Å²) in [4.78, 5) is 0. The predicted octanol–water partition coefficient (Wildman–Crippen LogP) is 4.07. The molecule has 0 aliphatic heterocycles. The average Bonchev–Trinajstić information content (AvgIpc) is 2.46. The van der Waals surface area contributed by atoms with Crippen LogP contribution in [0.25, 0.3) is 0 Å². The van der Waals surface area contributed by atoms with Gasteiger partial charge in [-0.2, -0.15) is 0 Å². The fraction of sp³-hybridized carbons (Fsp3) is 0.133. The van der Waals surface area contributed by atoms with Crippen LogP contribution in [-0.4, -0.2) is 10.9 Å². The van der Waals surface area contributed by atoms with Crippen LogP contribution in [0.1, 0.15) is 18.1 Å². The maximum absolute atomic E-state index is 8.69. The van der Waals surface area contributed by atoms with Gasteiger partial charge in [-0.05, 0) is 77.0 Å². The summed E-state index contributed by atoms with van der Waals surface area (Å²) >= 11 is 2.28. The van der Waals surface area contributed by atoms with E-state index in [0.29, 0.717) is 12.3 Å². The van der Waals surface area contributed by atoms with Crippen molar-refractivity contribution in [3.8, 4) is 5.75 Å². The highest BCUT2D eigenvalue weighted by Gasteiger charge is 2.00. The molecule has 0 unspecified atom stereocenters. The van der Waals surface area contributed by atoms with Crippen LogP contribution in [0.4, 0.5) is 0 Å². The van der Waals surface area contributed by atoms with Gasteiger partial charge in [0.15, 0.2) is 0 Å². The van der Waals surface area contributed by atoms with Gasteiger partial charge >= 0.3 is 0 Å². The van der Waals surface area contributed by atoms with Crippen LogP contribution in [-0.2, 0) is 6.61 Å². The van der Waals surface area contributed by atoms with Crippen LogP contribution in [0, 0.1) is 3.57 Å². The van der Waals surface area contributed by atoms with Crippen LogP contribution < -0.4 is 4.74 Å². The lowest BCUT2D eigenvalue weighted by atomic mass is 10.1. The lowest BCUT2D eigenvalue weighted by Gasteiger charge is -2.07. The Morgan fingerprint density at radius 2 is 1.74 bits per heavy atom. The van der Waals surface area contributed by atoms with Gasteiger partial charge in [-0.3, -0.25) is 0 Å². The zero-order chi connectivity index (χ0) is 13.7. The van der Waals surface area contributed by atoms with E-state index in [1.807, 2.05) is 24.3 Å². The van der Waals surface area contributed by atoms with E-state index in [-0.39, 0.29) is 0 Å². The van der Waals surface area contributed by atoms with Gasteiger partial charge in [0.05, 0.1) is 5.71 Å². The average molecular weight is 367 g/mol. The van der Waals surface area contributed by atoms with Crippen molar-refractivity contribution in [2.24, 2.45) is 5.16 Å². The fourth-order valence-corrected chi connectivity index (χ4v) is 1.96. The molecule has 0 saturated carbocycles. The van der Waals surface area contributed by atoms with E-state index in [2.05, 4.69) is 52.0 Å². The highest BCUT2D eigenvalue weighted by molar-refractivity contribution is 14.1. The molecule has 2 aromatic carbocycles. The molecule has 0 radical (unpaired) electrons. The smallest absolute Gasteiger partial charge is 0.119 e. The molecule has 2 rings (SSSR count). The summed E-state index contributed by atoms with van der Waals surface area (Å²) in [6.07, 6.45) is 0. The van der Waals surface area contributed by atoms with E-state index >= 15 is 0 Å². The van der Waals surface area contributed by atoms with Crippen LogP contribution in [0.5, 0.6) is 5.75 Å². The molecule has 98 valence electrons. The summed E-state index contributed by atoms with van der Waals surface area (Å²) in [5.74, 6) is 0.799. The van der Waals surface area contributed by atoms with Crippen molar-refractivity contribution in [1.82, 2.24) is 0 Å². The Morgan fingerprint density at radius 3 is 2.32 bits per heavy atom. The number of rotatable bonds is 4. The molecule has 0 aliphatic rings. The first-order chi connectivity index (χ1) is 9.19. The third-order valence-corrected chi connectivity index (χ3v) is 3.46. The zero-order valence-electron chi connectivity index (χ0n) is 10.5.